The SMILES string of the molecule is O=C(O)CN1CCN(C(O)Cc2c(-c3ccc(Cl)cc3)nc3ccc(Cl)cn23)CC1. The molecule has 1 atom stereocenters. The lowest BCUT2D eigenvalue weighted by atomic mass is 10.1. The molecule has 1 saturated heterocycles. The van der Waals surface area contributed by atoms with E-state index in [0.29, 0.717) is 42.6 Å². The highest BCUT2D eigenvalue weighted by atomic mass is 35.5. The van der Waals surface area contributed by atoms with Crippen LogP contribution in [0.1, 0.15) is 5.69 Å². The molecule has 1 fully saturated rings. The lowest BCUT2D eigenvalue weighted by molar-refractivity contribution is -0.139. The molecule has 1 aliphatic heterocycles. The van der Waals surface area contributed by atoms with Gasteiger partial charge in [0.1, 0.15) is 11.9 Å². The molecule has 1 unspecified atom stereocenters. The van der Waals surface area contributed by atoms with E-state index in [0.717, 1.165) is 22.6 Å². The van der Waals surface area contributed by atoms with Crippen LogP contribution < -0.4 is 0 Å². The molecule has 3 heterocycles. The number of carbonyl (C=O) groups is 1. The average Bonchev–Trinajstić information content (AvgIpc) is 3.06. The first-order valence-corrected chi connectivity index (χ1v) is 10.4. The van der Waals surface area contributed by atoms with Gasteiger partial charge in [-0.1, -0.05) is 35.3 Å². The van der Waals surface area contributed by atoms with Crippen LogP contribution >= 0.6 is 23.2 Å². The van der Waals surface area contributed by atoms with E-state index in [2.05, 4.69) is 0 Å². The fraction of sp³-hybridized carbons (Fsp3) is 0.333. The van der Waals surface area contributed by atoms with E-state index in [9.17, 15) is 9.90 Å². The van der Waals surface area contributed by atoms with Gasteiger partial charge < -0.3 is 14.6 Å². The van der Waals surface area contributed by atoms with Crippen LogP contribution in [0.5, 0.6) is 0 Å². The first-order chi connectivity index (χ1) is 14.4. The highest BCUT2D eigenvalue weighted by Gasteiger charge is 2.26. The first-order valence-electron chi connectivity index (χ1n) is 9.69. The van der Waals surface area contributed by atoms with Crippen molar-refractivity contribution in [1.29, 1.82) is 0 Å². The maximum Gasteiger partial charge on any atom is 0.317 e. The zero-order valence-corrected chi connectivity index (χ0v) is 17.7. The number of piperazine rings is 1. The molecule has 2 aromatic heterocycles. The number of aromatic nitrogens is 2. The Labute approximate surface area is 184 Å². The van der Waals surface area contributed by atoms with Gasteiger partial charge in [0.2, 0.25) is 0 Å². The normalized spacial score (nSPS) is 16.8. The van der Waals surface area contributed by atoms with E-state index in [-0.39, 0.29) is 6.54 Å². The summed E-state index contributed by atoms with van der Waals surface area (Å²) >= 11 is 12.3. The standard InChI is InChI=1S/C21H22Cl2N4O3/c22-15-3-1-14(2-4-15)21-17(27-12-16(23)5-6-18(27)24-21)11-19(28)26-9-7-25(8-10-26)13-20(29)30/h1-6,12,19,28H,7-11,13H2,(H,29,30). The van der Waals surface area contributed by atoms with Gasteiger partial charge in [-0.05, 0) is 24.3 Å². The first kappa shape index (κ1) is 21.1. The van der Waals surface area contributed by atoms with Gasteiger partial charge in [-0.2, -0.15) is 0 Å². The summed E-state index contributed by atoms with van der Waals surface area (Å²) in [7, 11) is 0. The van der Waals surface area contributed by atoms with Gasteiger partial charge in [0.15, 0.2) is 0 Å². The molecule has 0 amide bonds. The van der Waals surface area contributed by atoms with E-state index >= 15 is 0 Å². The van der Waals surface area contributed by atoms with Gasteiger partial charge in [0, 0.05) is 49.4 Å². The fourth-order valence-electron chi connectivity index (χ4n) is 3.81. The minimum Gasteiger partial charge on any atom is -0.480 e. The second kappa shape index (κ2) is 8.91. The predicted molar refractivity (Wildman–Crippen MR) is 116 cm³/mol. The number of aliphatic hydroxyl groups is 1. The Morgan fingerprint density at radius 3 is 2.37 bits per heavy atom. The van der Waals surface area contributed by atoms with Gasteiger partial charge in [-0.25, -0.2) is 4.98 Å². The molecule has 9 heteroatoms. The van der Waals surface area contributed by atoms with Crippen LogP contribution in [0.2, 0.25) is 10.0 Å². The largest absolute Gasteiger partial charge is 0.480 e. The van der Waals surface area contributed by atoms with Gasteiger partial charge >= 0.3 is 5.97 Å². The Balaban J connectivity index is 1.60. The predicted octanol–water partition coefficient (Wildman–Crippen LogP) is 2.87. The van der Waals surface area contributed by atoms with Crippen LogP contribution in [0.15, 0.2) is 42.6 Å². The Hall–Kier alpha value is -2.16. The molecule has 0 aliphatic carbocycles. The molecule has 158 valence electrons. The molecule has 7 nitrogen and oxygen atoms in total. The third-order valence-electron chi connectivity index (χ3n) is 5.36. The topological polar surface area (TPSA) is 81.3 Å². The third-order valence-corrected chi connectivity index (χ3v) is 5.84. The minimum absolute atomic E-state index is 0.0242. The number of nitrogens with zero attached hydrogens (tertiary/aromatic N) is 4. The number of carboxylic acid groups (broad SMARTS) is 1. The lowest BCUT2D eigenvalue weighted by Crippen LogP contribution is -2.51. The van der Waals surface area contributed by atoms with E-state index < -0.39 is 12.2 Å². The van der Waals surface area contributed by atoms with Crippen molar-refractivity contribution in [3.05, 3.63) is 58.3 Å². The van der Waals surface area contributed by atoms with Crippen molar-refractivity contribution in [3.63, 3.8) is 0 Å². The van der Waals surface area contributed by atoms with Crippen LogP contribution in [0.4, 0.5) is 0 Å². The molecule has 30 heavy (non-hydrogen) atoms. The molecule has 2 N–H and O–H groups in total. The molecule has 0 spiro atoms. The maximum absolute atomic E-state index is 11.0. The molecule has 3 aromatic rings. The Morgan fingerprint density at radius 1 is 1.03 bits per heavy atom. The van der Waals surface area contributed by atoms with Crippen molar-refractivity contribution >= 4 is 34.8 Å². The summed E-state index contributed by atoms with van der Waals surface area (Å²) in [5.41, 5.74) is 3.29. The van der Waals surface area contributed by atoms with Gasteiger partial charge in [0.25, 0.3) is 0 Å². The van der Waals surface area contributed by atoms with E-state index in [1.165, 1.54) is 0 Å². The van der Waals surface area contributed by atoms with Crippen molar-refractivity contribution in [2.45, 2.75) is 12.6 Å². The second-order valence-electron chi connectivity index (χ2n) is 7.38. The summed E-state index contributed by atoms with van der Waals surface area (Å²) in [5, 5.41) is 21.1. The molecular formula is C21H22Cl2N4O3. The van der Waals surface area contributed by atoms with Crippen LogP contribution in [-0.2, 0) is 11.2 Å². The maximum atomic E-state index is 11.0. The number of halogens is 2. The van der Waals surface area contributed by atoms with Crippen LogP contribution in [0.25, 0.3) is 16.9 Å². The molecule has 1 aliphatic rings. The smallest absolute Gasteiger partial charge is 0.317 e. The van der Waals surface area contributed by atoms with Gasteiger partial charge in [-0.15, -0.1) is 0 Å². The number of rotatable bonds is 6. The molecule has 4 rings (SSSR count). The summed E-state index contributed by atoms with van der Waals surface area (Å²) in [5.74, 6) is -0.834. The lowest BCUT2D eigenvalue weighted by Gasteiger charge is -2.36. The summed E-state index contributed by atoms with van der Waals surface area (Å²) in [6.45, 7) is 2.43. The Bertz CT molecular complexity index is 1050. The quantitative estimate of drug-likeness (QED) is 0.603. The Morgan fingerprint density at radius 2 is 1.70 bits per heavy atom. The minimum atomic E-state index is -0.834. The van der Waals surface area contributed by atoms with Crippen molar-refractivity contribution in [2.75, 3.05) is 32.7 Å². The molecule has 0 saturated carbocycles. The van der Waals surface area contributed by atoms with Crippen LogP contribution in [-0.4, -0.2) is 74.3 Å². The van der Waals surface area contributed by atoms with Gasteiger partial charge in [-0.3, -0.25) is 14.6 Å². The number of pyridine rings is 1. The number of aliphatic hydroxyl groups excluding tert-OH is 1. The Kier molecular flexibility index (Phi) is 6.26. The number of benzene rings is 1. The number of fused-ring (bicyclic) bond motifs is 1. The van der Waals surface area contributed by atoms with Gasteiger partial charge in [0.05, 0.1) is 23.0 Å². The number of hydrogen-bond acceptors (Lipinski definition) is 5. The van der Waals surface area contributed by atoms with E-state index in [1.54, 1.807) is 12.3 Å². The number of carboxylic acids is 1. The molecular weight excluding hydrogens is 427 g/mol. The number of aliphatic carboxylic acids is 1. The zero-order valence-electron chi connectivity index (χ0n) is 16.2. The van der Waals surface area contributed by atoms with E-state index in [4.69, 9.17) is 33.3 Å². The fourth-order valence-corrected chi connectivity index (χ4v) is 4.10. The van der Waals surface area contributed by atoms with E-state index in [1.807, 2.05) is 44.5 Å². The highest BCUT2D eigenvalue weighted by Crippen LogP contribution is 2.28. The summed E-state index contributed by atoms with van der Waals surface area (Å²) in [6.07, 6.45) is 1.44. The zero-order chi connectivity index (χ0) is 21.3. The van der Waals surface area contributed by atoms with Crippen molar-refractivity contribution < 1.29 is 15.0 Å². The number of hydrogen-bond donors (Lipinski definition) is 2. The average molecular weight is 449 g/mol. The van der Waals surface area contributed by atoms with Crippen molar-refractivity contribution in [2.24, 2.45) is 0 Å². The molecule has 0 bridgehead atoms. The third kappa shape index (κ3) is 4.61. The van der Waals surface area contributed by atoms with Crippen LogP contribution in [0.3, 0.4) is 0 Å². The summed E-state index contributed by atoms with van der Waals surface area (Å²) in [4.78, 5) is 19.5. The summed E-state index contributed by atoms with van der Waals surface area (Å²) in [6, 6.07) is 11.1. The summed E-state index contributed by atoms with van der Waals surface area (Å²) < 4.78 is 1.91. The van der Waals surface area contributed by atoms with Crippen LogP contribution in [0, 0.1) is 0 Å². The molecule has 1 aromatic carbocycles. The van der Waals surface area contributed by atoms with Crippen molar-refractivity contribution in [3.8, 4) is 11.3 Å². The highest BCUT2D eigenvalue weighted by molar-refractivity contribution is 6.30. The monoisotopic (exact) mass is 448 g/mol. The second-order valence-corrected chi connectivity index (χ2v) is 8.25. The van der Waals surface area contributed by atoms with Crippen molar-refractivity contribution in [1.82, 2.24) is 19.2 Å². The molecule has 0 radical (unpaired) electrons. The number of imidazole rings is 1.